The van der Waals surface area contributed by atoms with Crippen molar-refractivity contribution in [3.63, 3.8) is 0 Å². The van der Waals surface area contributed by atoms with Gasteiger partial charge in [0.15, 0.2) is 12.6 Å². The number of hydrogen-bond acceptors (Lipinski definition) is 33. The van der Waals surface area contributed by atoms with Crippen LogP contribution in [0.15, 0.2) is 72.1 Å². The number of aryl methyl sites for hydroxylation is 2. The zero-order valence-electron chi connectivity index (χ0n) is 87.6. The van der Waals surface area contributed by atoms with Crippen molar-refractivity contribution in [3.8, 4) is 0 Å². The summed E-state index contributed by atoms with van der Waals surface area (Å²) >= 11 is 0. The third-order valence-electron chi connectivity index (χ3n) is 26.2. The highest BCUT2D eigenvalue weighted by atomic mass is 16.7. The van der Waals surface area contributed by atoms with Crippen LogP contribution >= 0.6 is 0 Å². The summed E-state index contributed by atoms with van der Waals surface area (Å²) in [4.78, 5) is 130. The van der Waals surface area contributed by atoms with Crippen molar-refractivity contribution in [3.05, 3.63) is 101 Å². The van der Waals surface area contributed by atoms with Crippen molar-refractivity contribution in [1.82, 2.24) is 62.4 Å². The molecule has 0 radical (unpaired) electrons. The van der Waals surface area contributed by atoms with E-state index in [1.807, 2.05) is 18.3 Å². The Morgan fingerprint density at radius 1 is 0.470 bits per heavy atom. The zero-order valence-corrected chi connectivity index (χ0v) is 87.6. The molecular formula is C106H172N14O29. The maximum Gasteiger partial charge on any atom is 0.222 e. The summed E-state index contributed by atoms with van der Waals surface area (Å²) in [5.74, 6) is -2.88. The van der Waals surface area contributed by atoms with Gasteiger partial charge in [0.1, 0.15) is 48.0 Å². The van der Waals surface area contributed by atoms with E-state index in [0.717, 1.165) is 77.4 Å². The number of ether oxygens (including phenoxy) is 10. The van der Waals surface area contributed by atoms with Gasteiger partial charge in [0, 0.05) is 193 Å². The van der Waals surface area contributed by atoms with Crippen molar-refractivity contribution in [2.45, 2.75) is 324 Å². The van der Waals surface area contributed by atoms with Crippen LogP contribution in [0.2, 0.25) is 0 Å². The molecule has 21 N–H and O–H groups in total. The molecule has 2 aliphatic heterocycles. The SMILES string of the molecule is CC(=O)NC1[C@@H](O)[C@@H](O)[C@@H](CO)C[C@H]1OCCCCC(=O)NCCCNC(=O)CCOCC(COCCC(=O)NCCCNC(=O)CCCCO[C@H]1C[C@@H](O)[C@@H](O)[C@@H](CO)O1)(COCCC(=O)NCCCNC(=O)CCCCO[C@H]1C[C@@H](O)[C@@H](O)[C@@H](CO)O1)NC(=O)CCOCCOCCC(=O)NCCCCCCCCCCCCCCCN=CC(=CN)c1ccc2nc(C(O)c3ccncc3)n(Cc3cc(C)ccc3C)c2c1. The third kappa shape index (κ3) is 50.9. The van der Waals surface area contributed by atoms with Gasteiger partial charge in [0.25, 0.3) is 0 Å². The van der Waals surface area contributed by atoms with Crippen LogP contribution in [0, 0.1) is 19.8 Å². The van der Waals surface area contributed by atoms with Crippen LogP contribution in [0.4, 0.5) is 0 Å². The van der Waals surface area contributed by atoms with E-state index in [2.05, 4.69) is 95.5 Å². The fourth-order valence-corrected chi connectivity index (χ4v) is 17.4. The van der Waals surface area contributed by atoms with Crippen LogP contribution < -0.4 is 53.6 Å². The minimum Gasteiger partial charge on any atom is -0.404 e. The fraction of sp³-hybridized carbons (Fsp3) is 0.717. The molecule has 43 heteroatoms. The fourth-order valence-electron chi connectivity index (χ4n) is 17.4. The maximum absolute atomic E-state index is 14.0. The number of fused-ring (bicyclic) bond motifs is 1. The first kappa shape index (κ1) is 127. The second-order valence-electron chi connectivity index (χ2n) is 38.7. The average molecular weight is 2110 g/mol. The lowest BCUT2D eigenvalue weighted by atomic mass is 9.79. The minimum absolute atomic E-state index is 0.0368. The minimum atomic E-state index is -1.49. The van der Waals surface area contributed by atoms with Crippen molar-refractivity contribution in [2.24, 2.45) is 16.6 Å². The molecule has 4 heterocycles. The second kappa shape index (κ2) is 74.6. The van der Waals surface area contributed by atoms with Gasteiger partial charge in [-0.05, 0) is 137 Å². The zero-order chi connectivity index (χ0) is 108. The Balaban J connectivity index is 0.794. The van der Waals surface area contributed by atoms with Crippen molar-refractivity contribution < 1.29 is 142 Å². The Kier molecular flexibility index (Phi) is 63.4. The third-order valence-corrected chi connectivity index (χ3v) is 26.2. The Morgan fingerprint density at radius 3 is 1.35 bits per heavy atom. The molecule has 7 rings (SSSR count). The Hall–Kier alpha value is -9.30. The molecule has 2 aromatic heterocycles. The molecule has 1 aliphatic carbocycles. The van der Waals surface area contributed by atoms with E-state index in [4.69, 9.17) is 63.1 Å². The highest BCUT2D eigenvalue weighted by molar-refractivity contribution is 6.10. The number of carbonyl (C=O) groups is 9. The molecule has 149 heavy (non-hydrogen) atoms. The van der Waals surface area contributed by atoms with E-state index in [1.165, 1.54) is 51.9 Å². The lowest BCUT2D eigenvalue weighted by Crippen LogP contribution is -2.61. The lowest BCUT2D eigenvalue weighted by Gasteiger charge is -2.42. The molecule has 9 amide bonds. The number of amides is 9. The molecule has 2 aromatic carbocycles. The highest BCUT2D eigenvalue weighted by Crippen LogP contribution is 2.33. The molecule has 0 spiro atoms. The van der Waals surface area contributed by atoms with Gasteiger partial charge in [0.05, 0.1) is 121 Å². The van der Waals surface area contributed by atoms with Crippen LogP contribution in [0.5, 0.6) is 0 Å². The molecule has 1 saturated carbocycles. The number of pyridine rings is 1. The molecular weight excluding hydrogens is 1930 g/mol. The molecule has 14 atom stereocenters. The van der Waals surface area contributed by atoms with E-state index in [-0.39, 0.29) is 244 Å². The summed E-state index contributed by atoms with van der Waals surface area (Å²) in [5, 5.41) is 127. The Labute approximate surface area is 875 Å². The number of nitrogens with zero attached hydrogens (tertiary/aromatic N) is 4. The quantitative estimate of drug-likeness (QED) is 0.0223. The summed E-state index contributed by atoms with van der Waals surface area (Å²) < 4.78 is 60.2. The number of hydrogen-bond donors (Lipinski definition) is 20. The van der Waals surface area contributed by atoms with E-state index in [9.17, 15) is 94.2 Å². The number of benzene rings is 2. The predicted molar refractivity (Wildman–Crippen MR) is 554 cm³/mol. The second-order valence-corrected chi connectivity index (χ2v) is 38.7. The predicted octanol–water partition coefficient (Wildman–Crippen LogP) is 3.32. The highest BCUT2D eigenvalue weighted by Gasteiger charge is 2.45. The number of nitrogens with two attached hydrogens (primary N) is 1. The van der Waals surface area contributed by atoms with Crippen molar-refractivity contribution in [2.75, 3.05) is 158 Å². The molecule has 3 fully saturated rings. The number of aliphatic imine (C=N–C) groups is 1. The average Bonchev–Trinajstić information content (AvgIpc) is 1.62. The van der Waals surface area contributed by atoms with Gasteiger partial charge in [-0.1, -0.05) is 100 Å². The monoisotopic (exact) mass is 2110 g/mol. The van der Waals surface area contributed by atoms with Gasteiger partial charge in [-0.3, -0.25) is 53.1 Å². The molecule has 3 aliphatic rings. The van der Waals surface area contributed by atoms with Crippen LogP contribution in [-0.4, -0.2) is 362 Å². The van der Waals surface area contributed by atoms with Crippen molar-refractivity contribution in [1.29, 1.82) is 0 Å². The van der Waals surface area contributed by atoms with Crippen molar-refractivity contribution >= 4 is 76.0 Å². The van der Waals surface area contributed by atoms with Gasteiger partial charge in [0.2, 0.25) is 53.2 Å². The van der Waals surface area contributed by atoms with E-state index >= 15 is 0 Å². The largest absolute Gasteiger partial charge is 0.404 e. The van der Waals surface area contributed by atoms with Gasteiger partial charge in [-0.2, -0.15) is 0 Å². The van der Waals surface area contributed by atoms with E-state index in [0.29, 0.717) is 88.8 Å². The van der Waals surface area contributed by atoms with Gasteiger partial charge in [-0.25, -0.2) is 4.98 Å². The smallest absolute Gasteiger partial charge is 0.222 e. The van der Waals surface area contributed by atoms with Gasteiger partial charge >= 0.3 is 0 Å². The molecule has 840 valence electrons. The lowest BCUT2D eigenvalue weighted by molar-refractivity contribution is -0.257. The Bertz CT molecular complexity index is 4460. The first-order valence-corrected chi connectivity index (χ1v) is 53.6. The maximum atomic E-state index is 14.0. The van der Waals surface area contributed by atoms with Crippen LogP contribution in [0.25, 0.3) is 16.6 Å². The summed E-state index contributed by atoms with van der Waals surface area (Å²) in [5.41, 5.74) is 12.3. The topological polar surface area (TPSA) is 626 Å². The summed E-state index contributed by atoms with van der Waals surface area (Å²) in [7, 11) is 0. The van der Waals surface area contributed by atoms with Gasteiger partial charge < -0.3 is 157 Å². The first-order valence-electron chi connectivity index (χ1n) is 53.6. The van der Waals surface area contributed by atoms with Crippen LogP contribution in [0.1, 0.15) is 259 Å². The molecule has 43 nitrogen and oxygen atoms in total. The number of rotatable bonds is 81. The number of imidazole rings is 1. The number of nitrogens with one attached hydrogen (secondary N) is 9. The summed E-state index contributed by atoms with van der Waals surface area (Å²) in [6.45, 7) is 7.15. The Morgan fingerprint density at radius 2 is 0.899 bits per heavy atom. The summed E-state index contributed by atoms with van der Waals surface area (Å²) in [6, 6.07) is 15.2. The number of aromatic nitrogens is 3. The number of aliphatic hydroxyl groups excluding tert-OH is 10. The molecule has 0 bridgehead atoms. The normalized spacial score (nSPS) is 20.2. The number of carbonyl (C=O) groups excluding carboxylic acids is 9. The number of allylic oxidation sites excluding steroid dienone is 1. The van der Waals surface area contributed by atoms with E-state index < -0.39 is 116 Å². The summed E-state index contributed by atoms with van der Waals surface area (Å²) in [6.07, 6.45) is 13.7. The molecule has 2 saturated heterocycles. The van der Waals surface area contributed by atoms with Gasteiger partial charge in [-0.15, -0.1) is 0 Å². The number of aliphatic hydroxyl groups is 10. The number of unbranched alkanes of at least 4 members (excludes halogenated alkanes) is 15. The molecule has 2 unspecified atom stereocenters. The van der Waals surface area contributed by atoms with Crippen LogP contribution in [-0.2, 0) is 97.1 Å². The first-order chi connectivity index (χ1) is 72.1. The van der Waals surface area contributed by atoms with E-state index in [1.54, 1.807) is 30.7 Å². The molecule has 4 aromatic rings. The van der Waals surface area contributed by atoms with Crippen LogP contribution in [0.3, 0.4) is 0 Å². The standard InChI is InChI=1S/C106H172N14O29/c1-74-29-30-75(2)79(60-74)67-120-83-61-78(31-32-82(83)118-105(120)101(136)77-33-48-108-49-34-77)81(65-107)66-109-40-18-13-11-9-7-5-4-6-8-10-12-14-19-41-110-92(130)35-53-140-58-59-141-54-39-96(134)119-106(72-143-56-37-94(132)115-46-24-43-112-90(128)27-16-21-51-146-97-63-84(125)102(137)87(69-122)148-97,73-144-57-38-95(133)116-47-25-44-113-91(129)28-17-22-52-147-98-64-85(126)103(138)88(70-123)149-98)71-142-55-36-93(131)114-45-23-42-111-89(127)26-15-20-50-145-86-62-80(68-121)100(135)104(139)99(86)117-76(3)124/h29-34,48-49,60-61,65-66,80,84-88,97-104,121-123,125-126,135-139H,4-28,35-47,50-59,62-64,67-73,107H2,1-3H3,(H,110,130)(H,111,127)(H,112,128)(H,113,129)(H,114,131)(H,115,132)(H,116,133)(H,117,124)(H,119,134)/t80-,84-,85-,86-,87-,88-,97-,98-,99?,100+,101?,102-,103-,104-/m1/s1.